The average Bonchev–Trinajstić information content (AvgIpc) is 2.86. The fourth-order valence-corrected chi connectivity index (χ4v) is 4.72. The number of unbranched alkanes of at least 4 members (excludes halogenated alkanes) is 9. The molecule has 6 heteroatoms. The molecule has 3 aromatic rings. The Hall–Kier alpha value is -2.28. The number of benzene rings is 2. The first kappa shape index (κ1) is 29.0. The van der Waals surface area contributed by atoms with Crippen LogP contribution >= 0.6 is 0 Å². The van der Waals surface area contributed by atoms with Crippen molar-refractivity contribution in [3.05, 3.63) is 78.6 Å². The molecule has 0 aliphatic rings. The molecular weight excluding hydrogens is 458 g/mol. The Labute approximate surface area is 211 Å². The third-order valence-corrected chi connectivity index (χ3v) is 6.96. The molecule has 0 bridgehead atoms. The molecule has 0 aliphatic heterocycles. The van der Waals surface area contributed by atoms with Crippen molar-refractivity contribution in [2.24, 2.45) is 0 Å². The van der Waals surface area contributed by atoms with Gasteiger partial charge in [-0.1, -0.05) is 113 Å². The third kappa shape index (κ3) is 11.8. The van der Waals surface area contributed by atoms with Crippen LogP contribution in [0.15, 0.2) is 73.1 Å². The summed E-state index contributed by atoms with van der Waals surface area (Å²) in [6.07, 6.45) is 15.6. The lowest BCUT2D eigenvalue weighted by Gasteiger charge is -2.10. The third-order valence-electron chi connectivity index (χ3n) is 6.18. The van der Waals surface area contributed by atoms with Gasteiger partial charge < -0.3 is 9.66 Å². The van der Waals surface area contributed by atoms with E-state index in [1.807, 2.05) is 48.7 Å². The Balaban J connectivity index is 0.000000252. The van der Waals surface area contributed by atoms with Crippen molar-refractivity contribution in [1.29, 1.82) is 0 Å². The maximum absolute atomic E-state index is 10.3. The van der Waals surface area contributed by atoms with Crippen LogP contribution in [0.25, 0.3) is 10.8 Å². The molecule has 0 aliphatic carbocycles. The number of rotatable bonds is 14. The summed E-state index contributed by atoms with van der Waals surface area (Å²) in [5.41, 5.74) is 1.12. The minimum absolute atomic E-state index is 0.0363. The van der Waals surface area contributed by atoms with Gasteiger partial charge in [-0.3, -0.25) is 0 Å². The summed E-state index contributed by atoms with van der Waals surface area (Å²) in [5, 5.41) is 12.1. The van der Waals surface area contributed by atoms with Gasteiger partial charge in [-0.2, -0.15) is 4.57 Å². The molecule has 0 spiro atoms. The van der Waals surface area contributed by atoms with Gasteiger partial charge >= 0.3 is 0 Å². The molecule has 1 aromatic heterocycles. The van der Waals surface area contributed by atoms with E-state index in [-0.39, 0.29) is 18.4 Å². The van der Waals surface area contributed by atoms with Crippen LogP contribution in [0.1, 0.15) is 82.7 Å². The molecule has 2 aromatic carbocycles. The monoisotopic (exact) mass is 499 g/mol. The molecule has 0 amide bonds. The van der Waals surface area contributed by atoms with Crippen molar-refractivity contribution in [3.63, 3.8) is 0 Å². The summed E-state index contributed by atoms with van der Waals surface area (Å²) in [7, 11) is -3.98. The van der Waals surface area contributed by atoms with Gasteiger partial charge in [0.05, 0.1) is 10.1 Å². The van der Waals surface area contributed by atoms with E-state index in [4.69, 9.17) is 0 Å². The first-order chi connectivity index (χ1) is 16.9. The van der Waals surface area contributed by atoms with E-state index < -0.39 is 10.1 Å². The second-order valence-corrected chi connectivity index (χ2v) is 10.6. The maximum Gasteiger partial charge on any atom is 0.206 e. The minimum atomic E-state index is -3.98. The first-order valence-corrected chi connectivity index (χ1v) is 14.5. The number of hydrogen-bond acceptors (Lipinski definition) is 4. The average molecular weight is 500 g/mol. The Morgan fingerprint density at radius 1 is 0.771 bits per heavy atom. The highest BCUT2D eigenvalue weighted by Gasteiger charge is 2.19. The SMILES string of the molecule is CCCCCCCCCCCCS(=O)(=O)[O-].OC[C@@H](c1ccccc1)[n+]1ccc2ccccc2c1. The molecule has 0 unspecified atom stereocenters. The number of aliphatic hydroxyl groups excluding tert-OH is 1. The fourth-order valence-electron chi connectivity index (χ4n) is 4.16. The van der Waals surface area contributed by atoms with Crippen LogP contribution in [0, 0.1) is 0 Å². The van der Waals surface area contributed by atoms with Crippen LogP contribution in [0.5, 0.6) is 0 Å². The van der Waals surface area contributed by atoms with Crippen LogP contribution in [-0.4, -0.2) is 30.4 Å². The Kier molecular flexibility index (Phi) is 13.6. The lowest BCUT2D eigenvalue weighted by atomic mass is 10.1. The summed E-state index contributed by atoms with van der Waals surface area (Å²) >= 11 is 0. The molecular formula is C29H41NO4S. The van der Waals surface area contributed by atoms with Crippen molar-refractivity contribution in [2.75, 3.05) is 12.4 Å². The topological polar surface area (TPSA) is 81.3 Å². The molecule has 1 atom stereocenters. The molecule has 192 valence electrons. The van der Waals surface area contributed by atoms with E-state index in [1.54, 1.807) is 0 Å². The van der Waals surface area contributed by atoms with Gasteiger partial charge in [-0.25, -0.2) is 8.42 Å². The standard InChI is InChI=1S/C17H16NO.C12H26O3S/c19-13-17(15-7-2-1-3-8-15)18-11-10-14-6-4-5-9-16(14)12-18;1-2-3-4-5-6-7-8-9-10-11-12-16(13,14)15/h1-12,17,19H,13H2;2-12H2,1H3,(H,13,14,15)/q+1;/p-1/t17-;/m0./s1. The van der Waals surface area contributed by atoms with E-state index in [0.717, 1.165) is 18.4 Å². The fraction of sp³-hybridized carbons (Fsp3) is 0.483. The van der Waals surface area contributed by atoms with Gasteiger partial charge in [0.25, 0.3) is 0 Å². The van der Waals surface area contributed by atoms with Crippen LogP contribution < -0.4 is 4.57 Å². The summed E-state index contributed by atoms with van der Waals surface area (Å²) in [4.78, 5) is 0. The second kappa shape index (κ2) is 16.4. The van der Waals surface area contributed by atoms with Gasteiger partial charge in [0, 0.05) is 22.8 Å². The zero-order valence-electron chi connectivity index (χ0n) is 21.0. The molecule has 1 heterocycles. The molecule has 0 radical (unpaired) electrons. The highest BCUT2D eigenvalue weighted by Crippen LogP contribution is 2.15. The van der Waals surface area contributed by atoms with Gasteiger partial charge in [0.2, 0.25) is 6.04 Å². The highest BCUT2D eigenvalue weighted by atomic mass is 32.2. The molecule has 0 saturated carbocycles. The minimum Gasteiger partial charge on any atom is -0.748 e. The Bertz CT molecular complexity index is 1070. The molecule has 35 heavy (non-hydrogen) atoms. The van der Waals surface area contributed by atoms with Crippen LogP contribution in [0.4, 0.5) is 0 Å². The van der Waals surface area contributed by atoms with Gasteiger partial charge in [0.1, 0.15) is 6.61 Å². The lowest BCUT2D eigenvalue weighted by molar-refractivity contribution is -0.714. The first-order valence-electron chi connectivity index (χ1n) is 12.9. The van der Waals surface area contributed by atoms with Crippen LogP contribution in [0.2, 0.25) is 0 Å². The smallest absolute Gasteiger partial charge is 0.206 e. The van der Waals surface area contributed by atoms with Gasteiger partial charge in [-0.05, 0) is 17.9 Å². The van der Waals surface area contributed by atoms with Crippen molar-refractivity contribution >= 4 is 20.9 Å². The van der Waals surface area contributed by atoms with Crippen LogP contribution in [0.3, 0.4) is 0 Å². The Morgan fingerprint density at radius 3 is 1.89 bits per heavy atom. The lowest BCUT2D eigenvalue weighted by Crippen LogP contribution is -2.41. The molecule has 0 saturated heterocycles. The molecule has 1 N–H and O–H groups in total. The number of hydrogen-bond donors (Lipinski definition) is 1. The number of aliphatic hydroxyl groups is 1. The van der Waals surface area contributed by atoms with Crippen LogP contribution in [-0.2, 0) is 10.1 Å². The molecule has 0 fully saturated rings. The molecule has 3 rings (SSSR count). The highest BCUT2D eigenvalue weighted by molar-refractivity contribution is 7.85. The quantitative estimate of drug-likeness (QED) is 0.164. The summed E-state index contributed by atoms with van der Waals surface area (Å²) in [5.74, 6) is -0.191. The predicted octanol–water partition coefficient (Wildman–Crippen LogP) is 6.16. The summed E-state index contributed by atoms with van der Waals surface area (Å²) in [6.45, 7) is 2.30. The van der Waals surface area contributed by atoms with E-state index in [0.29, 0.717) is 6.42 Å². The zero-order chi connectivity index (χ0) is 25.4. The summed E-state index contributed by atoms with van der Waals surface area (Å²) < 4.78 is 33.0. The van der Waals surface area contributed by atoms with E-state index >= 15 is 0 Å². The van der Waals surface area contributed by atoms with Gasteiger partial charge in [0.15, 0.2) is 12.4 Å². The second-order valence-electron chi connectivity index (χ2n) is 9.07. The van der Waals surface area contributed by atoms with Crippen molar-refractivity contribution in [1.82, 2.24) is 0 Å². The van der Waals surface area contributed by atoms with E-state index in [2.05, 4.69) is 35.9 Å². The van der Waals surface area contributed by atoms with E-state index in [1.165, 1.54) is 55.7 Å². The molecule has 5 nitrogen and oxygen atoms in total. The van der Waals surface area contributed by atoms with E-state index in [9.17, 15) is 18.1 Å². The maximum atomic E-state index is 10.3. The predicted molar refractivity (Wildman–Crippen MR) is 142 cm³/mol. The largest absolute Gasteiger partial charge is 0.748 e. The van der Waals surface area contributed by atoms with Crippen molar-refractivity contribution < 1.29 is 22.6 Å². The number of fused-ring (bicyclic) bond motifs is 1. The van der Waals surface area contributed by atoms with Crippen molar-refractivity contribution in [2.45, 2.75) is 77.2 Å². The normalized spacial score (nSPS) is 12.2. The zero-order valence-corrected chi connectivity index (χ0v) is 21.8. The Morgan fingerprint density at radius 2 is 1.31 bits per heavy atom. The number of pyridine rings is 1. The van der Waals surface area contributed by atoms with Gasteiger partial charge in [-0.15, -0.1) is 0 Å². The van der Waals surface area contributed by atoms with Crippen molar-refractivity contribution in [3.8, 4) is 0 Å². The summed E-state index contributed by atoms with van der Waals surface area (Å²) in [6, 6.07) is 20.4. The number of aromatic nitrogens is 1. The number of nitrogens with zero attached hydrogens (tertiary/aromatic N) is 1.